The fourth-order valence-corrected chi connectivity index (χ4v) is 3.80. The average Bonchev–Trinajstić information content (AvgIpc) is 3.12. The van der Waals surface area contributed by atoms with E-state index in [1.165, 1.54) is 11.3 Å². The summed E-state index contributed by atoms with van der Waals surface area (Å²) in [6, 6.07) is 3.51. The third-order valence-electron chi connectivity index (χ3n) is 4.24. The van der Waals surface area contributed by atoms with Crippen LogP contribution in [0.3, 0.4) is 0 Å². The lowest BCUT2D eigenvalue weighted by molar-refractivity contribution is 0.00768. The molecule has 23 heavy (non-hydrogen) atoms. The molecule has 3 N–H and O–H groups in total. The number of carbonyl (C=O) groups excluding carboxylic acids is 1. The van der Waals surface area contributed by atoms with E-state index in [1.54, 1.807) is 6.92 Å². The molecule has 3 atom stereocenters. The Hall–Kier alpha value is -1.11. The number of urea groups is 1. The highest BCUT2D eigenvalue weighted by Gasteiger charge is 2.37. The van der Waals surface area contributed by atoms with Crippen molar-refractivity contribution in [2.45, 2.75) is 45.8 Å². The zero-order valence-electron chi connectivity index (χ0n) is 14.4. The van der Waals surface area contributed by atoms with Gasteiger partial charge in [0, 0.05) is 23.9 Å². The molecule has 0 unspecified atom stereocenters. The maximum Gasteiger partial charge on any atom is 0.314 e. The molecular weight excluding hydrogens is 312 g/mol. The number of hydrogen-bond donors (Lipinski definition) is 3. The van der Waals surface area contributed by atoms with Crippen molar-refractivity contribution in [1.82, 2.24) is 10.6 Å². The summed E-state index contributed by atoms with van der Waals surface area (Å²) in [5, 5.41) is 18.0. The van der Waals surface area contributed by atoms with Gasteiger partial charge in [-0.2, -0.15) is 0 Å². The van der Waals surface area contributed by atoms with Crippen LogP contribution in [0.5, 0.6) is 0 Å². The van der Waals surface area contributed by atoms with Crippen LogP contribution in [0.1, 0.15) is 39.0 Å². The van der Waals surface area contributed by atoms with Crippen LogP contribution < -0.4 is 10.6 Å². The van der Waals surface area contributed by atoms with Gasteiger partial charge >= 0.3 is 6.03 Å². The average molecular weight is 340 g/mol. The van der Waals surface area contributed by atoms with Gasteiger partial charge in [0.1, 0.15) is 5.60 Å². The monoisotopic (exact) mass is 340 g/mol. The Morgan fingerprint density at radius 3 is 2.74 bits per heavy atom. The third kappa shape index (κ3) is 4.93. The van der Waals surface area contributed by atoms with Gasteiger partial charge < -0.3 is 20.5 Å². The van der Waals surface area contributed by atoms with Crippen molar-refractivity contribution in [2.24, 2.45) is 11.3 Å². The number of nitrogens with one attached hydrogen (secondary N) is 2. The first kappa shape index (κ1) is 18.2. The SMILES string of the molecule is CC(C)(C)[C@@H]1OCC[C@H]1CNC(=O)NC[C@](C)(O)c1cccs1. The summed E-state index contributed by atoms with van der Waals surface area (Å²) in [6.07, 6.45) is 1.13. The fourth-order valence-electron chi connectivity index (χ4n) is 3.01. The molecule has 1 saturated heterocycles. The van der Waals surface area contributed by atoms with Crippen molar-refractivity contribution >= 4 is 17.4 Å². The molecular formula is C17H28N2O3S. The molecule has 0 saturated carbocycles. The van der Waals surface area contributed by atoms with E-state index in [4.69, 9.17) is 4.74 Å². The summed E-state index contributed by atoms with van der Waals surface area (Å²) in [4.78, 5) is 12.8. The molecule has 0 radical (unpaired) electrons. The molecule has 1 aromatic rings. The van der Waals surface area contributed by atoms with E-state index in [1.807, 2.05) is 17.5 Å². The van der Waals surface area contributed by atoms with E-state index in [0.717, 1.165) is 17.9 Å². The first-order chi connectivity index (χ1) is 10.7. The molecule has 2 amide bonds. The molecule has 0 aromatic carbocycles. The highest BCUT2D eigenvalue weighted by atomic mass is 32.1. The van der Waals surface area contributed by atoms with Crippen molar-refractivity contribution in [1.29, 1.82) is 0 Å². The molecule has 0 spiro atoms. The number of thiophene rings is 1. The second-order valence-electron chi connectivity index (χ2n) is 7.52. The van der Waals surface area contributed by atoms with Gasteiger partial charge in [0.2, 0.25) is 0 Å². The molecule has 6 heteroatoms. The maximum atomic E-state index is 12.0. The highest BCUT2D eigenvalue weighted by molar-refractivity contribution is 7.10. The van der Waals surface area contributed by atoms with Crippen LogP contribution >= 0.6 is 11.3 Å². The number of ether oxygens (including phenoxy) is 1. The largest absolute Gasteiger partial charge is 0.383 e. The molecule has 1 aliphatic heterocycles. The minimum absolute atomic E-state index is 0.0716. The van der Waals surface area contributed by atoms with E-state index in [9.17, 15) is 9.90 Å². The molecule has 130 valence electrons. The third-order valence-corrected chi connectivity index (χ3v) is 5.36. The summed E-state index contributed by atoms with van der Waals surface area (Å²) in [6.45, 7) is 9.72. The van der Waals surface area contributed by atoms with Crippen LogP contribution in [0, 0.1) is 11.3 Å². The molecule has 5 nitrogen and oxygen atoms in total. The predicted octanol–water partition coefficient (Wildman–Crippen LogP) is 2.71. The normalized spacial score (nSPS) is 24.2. The fraction of sp³-hybridized carbons (Fsp3) is 0.706. The number of carbonyl (C=O) groups is 1. The van der Waals surface area contributed by atoms with Gasteiger partial charge in [-0.25, -0.2) is 4.79 Å². The molecule has 2 rings (SSSR count). The van der Waals surface area contributed by atoms with Gasteiger partial charge in [0.25, 0.3) is 0 Å². The quantitative estimate of drug-likeness (QED) is 0.772. The van der Waals surface area contributed by atoms with E-state index < -0.39 is 5.60 Å². The van der Waals surface area contributed by atoms with E-state index in [0.29, 0.717) is 12.5 Å². The Morgan fingerprint density at radius 1 is 1.39 bits per heavy atom. The predicted molar refractivity (Wildman–Crippen MR) is 92.6 cm³/mol. The Morgan fingerprint density at radius 2 is 2.13 bits per heavy atom. The maximum absolute atomic E-state index is 12.0. The summed E-state index contributed by atoms with van der Waals surface area (Å²) in [7, 11) is 0. The van der Waals surface area contributed by atoms with E-state index >= 15 is 0 Å². The summed E-state index contributed by atoms with van der Waals surface area (Å²) in [5.41, 5.74) is -0.974. The first-order valence-corrected chi connectivity index (χ1v) is 8.98. The Balaban J connectivity index is 1.77. The topological polar surface area (TPSA) is 70.6 Å². The molecule has 1 aliphatic rings. The minimum atomic E-state index is -1.05. The van der Waals surface area contributed by atoms with Crippen molar-refractivity contribution in [3.63, 3.8) is 0 Å². The lowest BCUT2D eigenvalue weighted by Gasteiger charge is -2.31. The standard InChI is InChI=1S/C17H28N2O3S/c1-16(2,3)14-12(7-8-22-14)10-18-15(20)19-11-17(4,21)13-6-5-9-23-13/h5-6,9,12,14,21H,7-8,10-11H2,1-4H3,(H2,18,19,20)/t12-,14+,17-/m0/s1. The van der Waals surface area contributed by atoms with Crippen LogP contribution in [0.15, 0.2) is 17.5 Å². The smallest absolute Gasteiger partial charge is 0.314 e. The Labute approximate surface area is 142 Å². The number of aliphatic hydroxyl groups is 1. The van der Waals surface area contributed by atoms with Crippen LogP contribution in [0.2, 0.25) is 0 Å². The zero-order valence-corrected chi connectivity index (χ0v) is 15.2. The molecule has 1 aromatic heterocycles. The summed E-state index contributed by atoms with van der Waals surface area (Å²) in [5.74, 6) is 0.332. The van der Waals surface area contributed by atoms with Gasteiger partial charge in [0.15, 0.2) is 0 Å². The van der Waals surface area contributed by atoms with Crippen LogP contribution in [0.25, 0.3) is 0 Å². The van der Waals surface area contributed by atoms with Crippen molar-refractivity contribution < 1.29 is 14.6 Å². The lowest BCUT2D eigenvalue weighted by atomic mass is 9.81. The number of hydrogen-bond acceptors (Lipinski definition) is 4. The van der Waals surface area contributed by atoms with Crippen molar-refractivity contribution in [3.8, 4) is 0 Å². The van der Waals surface area contributed by atoms with E-state index in [-0.39, 0.29) is 24.1 Å². The number of rotatable bonds is 5. The van der Waals surface area contributed by atoms with Crippen LogP contribution in [-0.2, 0) is 10.3 Å². The van der Waals surface area contributed by atoms with Crippen LogP contribution in [-0.4, -0.2) is 36.9 Å². The second-order valence-corrected chi connectivity index (χ2v) is 8.47. The lowest BCUT2D eigenvalue weighted by Crippen LogP contribution is -2.46. The molecule has 1 fully saturated rings. The van der Waals surface area contributed by atoms with Gasteiger partial charge in [-0.3, -0.25) is 0 Å². The molecule has 0 aliphatic carbocycles. The van der Waals surface area contributed by atoms with Gasteiger partial charge in [-0.05, 0) is 30.2 Å². The van der Waals surface area contributed by atoms with Gasteiger partial charge in [-0.1, -0.05) is 26.8 Å². The van der Waals surface area contributed by atoms with Crippen molar-refractivity contribution in [2.75, 3.05) is 19.7 Å². The second kappa shape index (κ2) is 7.20. The zero-order chi connectivity index (χ0) is 17.1. The Kier molecular flexibility index (Phi) is 5.70. The molecule has 0 bridgehead atoms. The first-order valence-electron chi connectivity index (χ1n) is 8.10. The summed E-state index contributed by atoms with van der Waals surface area (Å²) >= 11 is 1.48. The number of amides is 2. The minimum Gasteiger partial charge on any atom is -0.383 e. The Bertz CT molecular complexity index is 508. The molecule has 2 heterocycles. The van der Waals surface area contributed by atoms with Gasteiger partial charge in [-0.15, -0.1) is 11.3 Å². The van der Waals surface area contributed by atoms with Crippen LogP contribution in [0.4, 0.5) is 4.79 Å². The highest BCUT2D eigenvalue weighted by Crippen LogP contribution is 2.34. The van der Waals surface area contributed by atoms with Crippen molar-refractivity contribution in [3.05, 3.63) is 22.4 Å². The summed E-state index contributed by atoms with van der Waals surface area (Å²) < 4.78 is 5.82. The van der Waals surface area contributed by atoms with E-state index in [2.05, 4.69) is 31.4 Å². The van der Waals surface area contributed by atoms with Gasteiger partial charge in [0.05, 0.1) is 12.6 Å².